The third-order valence-electron chi connectivity index (χ3n) is 5.14. The summed E-state index contributed by atoms with van der Waals surface area (Å²) in [5, 5.41) is 3.46. The largest absolute Gasteiger partial charge is 0.497 e. The van der Waals surface area contributed by atoms with Crippen molar-refractivity contribution in [3.63, 3.8) is 0 Å². The number of esters is 1. The molecule has 4 nitrogen and oxygen atoms in total. The van der Waals surface area contributed by atoms with Crippen molar-refractivity contribution >= 4 is 5.97 Å². The van der Waals surface area contributed by atoms with E-state index in [0.717, 1.165) is 18.7 Å². The molecule has 120 valence electrons. The first-order valence-corrected chi connectivity index (χ1v) is 8.28. The summed E-state index contributed by atoms with van der Waals surface area (Å²) in [4.78, 5) is 11.7. The van der Waals surface area contributed by atoms with Crippen LogP contribution in [0.25, 0.3) is 0 Å². The molecule has 1 atom stereocenters. The summed E-state index contributed by atoms with van der Waals surface area (Å²) in [6, 6.07) is 8.31. The lowest BCUT2D eigenvalue weighted by molar-refractivity contribution is -0.139. The second-order valence-electron chi connectivity index (χ2n) is 6.46. The molecular weight excluding hydrogens is 278 g/mol. The molecule has 1 aliphatic heterocycles. The Kier molecular flexibility index (Phi) is 4.67. The first kappa shape index (κ1) is 15.3. The lowest BCUT2D eigenvalue weighted by Gasteiger charge is -2.38. The third kappa shape index (κ3) is 3.12. The van der Waals surface area contributed by atoms with Crippen molar-refractivity contribution in [2.45, 2.75) is 50.0 Å². The fourth-order valence-corrected chi connectivity index (χ4v) is 3.74. The summed E-state index contributed by atoms with van der Waals surface area (Å²) in [5.41, 5.74) is 1.49. The van der Waals surface area contributed by atoms with E-state index in [4.69, 9.17) is 9.47 Å². The van der Waals surface area contributed by atoms with Crippen LogP contribution in [-0.2, 0) is 14.9 Å². The molecule has 2 aliphatic rings. The molecule has 1 saturated carbocycles. The van der Waals surface area contributed by atoms with Crippen LogP contribution >= 0.6 is 0 Å². The van der Waals surface area contributed by atoms with Crippen molar-refractivity contribution in [1.29, 1.82) is 0 Å². The predicted molar refractivity (Wildman–Crippen MR) is 85.1 cm³/mol. The number of methoxy groups -OCH3 is 1. The summed E-state index contributed by atoms with van der Waals surface area (Å²) in [6.07, 6.45) is 6.95. The Balaban J connectivity index is 1.76. The highest BCUT2D eigenvalue weighted by Gasteiger charge is 2.36. The Morgan fingerprint density at radius 3 is 2.55 bits per heavy atom. The lowest BCUT2D eigenvalue weighted by atomic mass is 9.69. The lowest BCUT2D eigenvalue weighted by Crippen LogP contribution is -2.45. The molecule has 1 saturated heterocycles. The molecule has 1 aliphatic carbocycles. The van der Waals surface area contributed by atoms with E-state index in [0.29, 0.717) is 6.61 Å². The quantitative estimate of drug-likeness (QED) is 0.850. The minimum absolute atomic E-state index is 0.0966. The number of rotatable bonds is 5. The Hall–Kier alpha value is -1.55. The normalized spacial score (nSPS) is 24.0. The van der Waals surface area contributed by atoms with Gasteiger partial charge in [-0.05, 0) is 30.5 Å². The average Bonchev–Trinajstić information content (AvgIpc) is 2.99. The number of benzene rings is 1. The summed E-state index contributed by atoms with van der Waals surface area (Å²) in [7, 11) is 1.69. The molecule has 1 aromatic rings. The van der Waals surface area contributed by atoms with Gasteiger partial charge in [-0.2, -0.15) is 0 Å². The van der Waals surface area contributed by atoms with Gasteiger partial charge in [0.1, 0.15) is 11.8 Å². The zero-order chi connectivity index (χ0) is 15.4. The van der Waals surface area contributed by atoms with Gasteiger partial charge in [-0.15, -0.1) is 0 Å². The van der Waals surface area contributed by atoms with Crippen molar-refractivity contribution in [3.05, 3.63) is 29.8 Å². The highest BCUT2D eigenvalue weighted by Crippen LogP contribution is 2.39. The van der Waals surface area contributed by atoms with Crippen LogP contribution in [0.5, 0.6) is 5.75 Å². The van der Waals surface area contributed by atoms with E-state index in [1.54, 1.807) is 7.11 Å². The van der Waals surface area contributed by atoms with Crippen molar-refractivity contribution < 1.29 is 14.3 Å². The molecule has 0 amide bonds. The second-order valence-corrected chi connectivity index (χ2v) is 6.46. The van der Waals surface area contributed by atoms with Gasteiger partial charge in [0.15, 0.2) is 0 Å². The van der Waals surface area contributed by atoms with E-state index in [9.17, 15) is 4.79 Å². The first-order valence-electron chi connectivity index (χ1n) is 8.28. The van der Waals surface area contributed by atoms with E-state index in [2.05, 4.69) is 17.4 Å². The SMILES string of the molecule is COc1ccc(C2(CNC3CCOC3=O)CCCCC2)cc1. The van der Waals surface area contributed by atoms with Gasteiger partial charge in [0.25, 0.3) is 0 Å². The predicted octanol–water partition coefficient (Wildman–Crippen LogP) is 2.80. The van der Waals surface area contributed by atoms with Crippen molar-refractivity contribution in [3.8, 4) is 5.75 Å². The molecule has 1 aromatic carbocycles. The van der Waals surface area contributed by atoms with Gasteiger partial charge in [0.2, 0.25) is 0 Å². The van der Waals surface area contributed by atoms with Gasteiger partial charge >= 0.3 is 5.97 Å². The summed E-state index contributed by atoms with van der Waals surface area (Å²) in [5.74, 6) is 0.794. The molecule has 1 N–H and O–H groups in total. The smallest absolute Gasteiger partial charge is 0.323 e. The van der Waals surface area contributed by atoms with Gasteiger partial charge in [0, 0.05) is 18.4 Å². The number of carbonyl (C=O) groups excluding carboxylic acids is 1. The summed E-state index contributed by atoms with van der Waals surface area (Å²) in [6.45, 7) is 1.39. The van der Waals surface area contributed by atoms with Crippen LogP contribution in [0.4, 0.5) is 0 Å². The maximum absolute atomic E-state index is 11.7. The number of cyclic esters (lactones) is 1. The van der Waals surface area contributed by atoms with E-state index >= 15 is 0 Å². The molecule has 0 radical (unpaired) electrons. The van der Waals surface area contributed by atoms with Crippen molar-refractivity contribution in [1.82, 2.24) is 5.32 Å². The zero-order valence-corrected chi connectivity index (χ0v) is 13.3. The van der Waals surface area contributed by atoms with Gasteiger partial charge in [-0.25, -0.2) is 0 Å². The van der Waals surface area contributed by atoms with Gasteiger partial charge in [-0.3, -0.25) is 4.79 Å². The highest BCUT2D eigenvalue weighted by molar-refractivity contribution is 5.77. The standard InChI is InChI=1S/C18H25NO3/c1-21-15-7-5-14(6-8-15)18(10-3-2-4-11-18)13-19-16-9-12-22-17(16)20/h5-8,16,19H,2-4,9-13H2,1H3. The second kappa shape index (κ2) is 6.69. The van der Waals surface area contributed by atoms with Crippen LogP contribution < -0.4 is 10.1 Å². The van der Waals surface area contributed by atoms with Crippen LogP contribution in [0, 0.1) is 0 Å². The molecule has 0 bridgehead atoms. The van der Waals surface area contributed by atoms with Crippen LogP contribution in [0.3, 0.4) is 0 Å². The summed E-state index contributed by atoms with van der Waals surface area (Å²) < 4.78 is 10.3. The van der Waals surface area contributed by atoms with Crippen LogP contribution in [0.15, 0.2) is 24.3 Å². The van der Waals surface area contributed by atoms with Crippen LogP contribution in [0.2, 0.25) is 0 Å². The summed E-state index contributed by atoms with van der Waals surface area (Å²) >= 11 is 0. The van der Waals surface area contributed by atoms with Crippen LogP contribution in [0.1, 0.15) is 44.1 Å². The van der Waals surface area contributed by atoms with Crippen molar-refractivity contribution in [2.75, 3.05) is 20.3 Å². The maximum Gasteiger partial charge on any atom is 0.323 e. The molecule has 4 heteroatoms. The van der Waals surface area contributed by atoms with Gasteiger partial charge < -0.3 is 14.8 Å². The Morgan fingerprint density at radius 2 is 1.95 bits per heavy atom. The van der Waals surface area contributed by atoms with E-state index in [-0.39, 0.29) is 17.4 Å². The Bertz CT molecular complexity index is 506. The molecule has 0 spiro atoms. The average molecular weight is 303 g/mol. The minimum atomic E-state index is -0.128. The van der Waals surface area contributed by atoms with Gasteiger partial charge in [-0.1, -0.05) is 31.4 Å². The third-order valence-corrected chi connectivity index (χ3v) is 5.14. The van der Waals surface area contributed by atoms with E-state index in [1.807, 2.05) is 12.1 Å². The molecule has 1 unspecified atom stereocenters. The number of ether oxygens (including phenoxy) is 2. The fourth-order valence-electron chi connectivity index (χ4n) is 3.74. The van der Waals surface area contributed by atoms with Crippen molar-refractivity contribution in [2.24, 2.45) is 0 Å². The Labute approximate surface area is 132 Å². The molecule has 1 heterocycles. The Morgan fingerprint density at radius 1 is 1.23 bits per heavy atom. The first-order chi connectivity index (χ1) is 10.7. The van der Waals surface area contributed by atoms with E-state index < -0.39 is 0 Å². The molecule has 3 rings (SSSR count). The topological polar surface area (TPSA) is 47.6 Å². The maximum atomic E-state index is 11.7. The highest BCUT2D eigenvalue weighted by atomic mass is 16.5. The van der Waals surface area contributed by atoms with Crippen LogP contribution in [-0.4, -0.2) is 32.3 Å². The van der Waals surface area contributed by atoms with Gasteiger partial charge in [0.05, 0.1) is 13.7 Å². The number of carbonyl (C=O) groups is 1. The molecule has 0 aromatic heterocycles. The molecule has 22 heavy (non-hydrogen) atoms. The molecular formula is C18H25NO3. The number of hydrogen-bond acceptors (Lipinski definition) is 4. The number of hydrogen-bond donors (Lipinski definition) is 1. The zero-order valence-electron chi connectivity index (χ0n) is 13.3. The van der Waals surface area contributed by atoms with E-state index in [1.165, 1.54) is 37.7 Å². The molecule has 2 fully saturated rings. The monoisotopic (exact) mass is 303 g/mol. The number of nitrogens with one attached hydrogen (secondary N) is 1. The fraction of sp³-hybridized carbons (Fsp3) is 0.611. The minimum Gasteiger partial charge on any atom is -0.497 e.